The zero-order chi connectivity index (χ0) is 13.2. The van der Waals surface area contributed by atoms with Gasteiger partial charge in [0.1, 0.15) is 0 Å². The van der Waals surface area contributed by atoms with Gasteiger partial charge in [0.25, 0.3) is 0 Å². The van der Waals surface area contributed by atoms with E-state index in [2.05, 4.69) is 24.1 Å². The van der Waals surface area contributed by atoms with Crippen LogP contribution in [0.4, 0.5) is 0 Å². The van der Waals surface area contributed by atoms with E-state index in [0.29, 0.717) is 30.1 Å². The number of nitrogens with zero attached hydrogens (tertiary/aromatic N) is 1. The second-order valence-corrected chi connectivity index (χ2v) is 6.71. The fourth-order valence-corrected chi connectivity index (χ4v) is 3.62. The maximum absolute atomic E-state index is 6.00. The molecule has 3 aliphatic heterocycles. The van der Waals surface area contributed by atoms with E-state index in [9.17, 15) is 0 Å². The Morgan fingerprint density at radius 2 is 1.89 bits per heavy atom. The number of hydrogen-bond donors (Lipinski definition) is 1. The average molecular weight is 268 g/mol. The molecule has 0 aromatic heterocycles. The molecule has 3 saturated heterocycles. The van der Waals surface area contributed by atoms with Crippen LogP contribution in [0.5, 0.6) is 0 Å². The Balaban J connectivity index is 1.49. The van der Waals surface area contributed by atoms with Crippen LogP contribution in [0.1, 0.15) is 33.1 Å². The third-order valence-corrected chi connectivity index (χ3v) is 4.88. The van der Waals surface area contributed by atoms with Crippen LogP contribution in [0.15, 0.2) is 0 Å². The highest BCUT2D eigenvalue weighted by Gasteiger charge is 2.38. The van der Waals surface area contributed by atoms with Crippen molar-refractivity contribution in [2.75, 3.05) is 32.9 Å². The fourth-order valence-electron chi connectivity index (χ4n) is 3.62. The molecule has 0 bridgehead atoms. The number of hydrogen-bond acceptors (Lipinski definition) is 4. The van der Waals surface area contributed by atoms with Crippen LogP contribution in [0.2, 0.25) is 0 Å². The molecule has 4 nitrogen and oxygen atoms in total. The molecule has 0 spiro atoms. The molecule has 0 aliphatic carbocycles. The van der Waals surface area contributed by atoms with Gasteiger partial charge in [-0.15, -0.1) is 0 Å². The third kappa shape index (κ3) is 3.30. The average Bonchev–Trinajstić information content (AvgIpc) is 2.80. The van der Waals surface area contributed by atoms with Gasteiger partial charge in [0, 0.05) is 44.4 Å². The van der Waals surface area contributed by atoms with Gasteiger partial charge < -0.3 is 14.8 Å². The predicted octanol–water partition coefficient (Wildman–Crippen LogP) is 1.25. The molecule has 0 radical (unpaired) electrons. The van der Waals surface area contributed by atoms with Crippen molar-refractivity contribution in [3.63, 3.8) is 0 Å². The second kappa shape index (κ2) is 6.08. The van der Waals surface area contributed by atoms with Crippen LogP contribution < -0.4 is 5.32 Å². The first kappa shape index (κ1) is 13.8. The lowest BCUT2D eigenvalue weighted by Crippen LogP contribution is -2.48. The van der Waals surface area contributed by atoms with Gasteiger partial charge in [0.05, 0.1) is 12.7 Å². The Hall–Kier alpha value is -0.160. The lowest BCUT2D eigenvalue weighted by atomic mass is 10.0. The van der Waals surface area contributed by atoms with E-state index in [1.165, 1.54) is 25.8 Å². The highest BCUT2D eigenvalue weighted by Crippen LogP contribution is 2.26. The van der Waals surface area contributed by atoms with Crippen LogP contribution in [0.25, 0.3) is 0 Å². The van der Waals surface area contributed by atoms with Crippen molar-refractivity contribution in [3.8, 4) is 0 Å². The Kier molecular flexibility index (Phi) is 4.42. The normalized spacial score (nSPS) is 37.7. The van der Waals surface area contributed by atoms with Gasteiger partial charge in [0.15, 0.2) is 0 Å². The number of morpholine rings is 1. The zero-order valence-corrected chi connectivity index (χ0v) is 12.3. The smallest absolute Gasteiger partial charge is 0.0725 e. The number of rotatable bonds is 3. The Morgan fingerprint density at radius 1 is 1.11 bits per heavy atom. The first-order valence-corrected chi connectivity index (χ1v) is 7.92. The van der Waals surface area contributed by atoms with Gasteiger partial charge in [-0.3, -0.25) is 4.90 Å². The topological polar surface area (TPSA) is 33.7 Å². The molecule has 0 amide bonds. The quantitative estimate of drug-likeness (QED) is 0.835. The molecule has 110 valence electrons. The molecule has 4 heteroatoms. The molecular weight excluding hydrogens is 240 g/mol. The fraction of sp³-hybridized carbons (Fsp3) is 1.00. The van der Waals surface area contributed by atoms with Crippen LogP contribution in [-0.4, -0.2) is 62.0 Å². The molecule has 0 saturated carbocycles. The lowest BCUT2D eigenvalue weighted by molar-refractivity contribution is -0.0683. The van der Waals surface area contributed by atoms with E-state index >= 15 is 0 Å². The molecule has 1 N–H and O–H groups in total. The molecule has 3 fully saturated rings. The summed E-state index contributed by atoms with van der Waals surface area (Å²) in [5.41, 5.74) is 0. The van der Waals surface area contributed by atoms with E-state index in [4.69, 9.17) is 9.47 Å². The van der Waals surface area contributed by atoms with Gasteiger partial charge in [0.2, 0.25) is 0 Å². The summed E-state index contributed by atoms with van der Waals surface area (Å²) in [5.74, 6) is 0.628. The van der Waals surface area contributed by atoms with Gasteiger partial charge in [-0.05, 0) is 25.2 Å². The molecule has 0 unspecified atom stereocenters. The Labute approximate surface area is 116 Å². The highest BCUT2D eigenvalue weighted by atomic mass is 16.5. The minimum Gasteiger partial charge on any atom is -0.381 e. The van der Waals surface area contributed by atoms with Crippen LogP contribution in [0.3, 0.4) is 0 Å². The zero-order valence-electron chi connectivity index (χ0n) is 12.3. The van der Waals surface area contributed by atoms with Gasteiger partial charge in [-0.25, -0.2) is 0 Å². The summed E-state index contributed by atoms with van der Waals surface area (Å²) in [7, 11) is 0. The molecule has 0 aromatic carbocycles. The molecule has 3 rings (SSSR count). The number of fused-ring (bicyclic) bond motifs is 1. The van der Waals surface area contributed by atoms with Crippen molar-refractivity contribution in [2.45, 2.75) is 57.3 Å². The molecule has 3 atom stereocenters. The summed E-state index contributed by atoms with van der Waals surface area (Å²) >= 11 is 0. The van der Waals surface area contributed by atoms with E-state index in [1.54, 1.807) is 0 Å². The summed E-state index contributed by atoms with van der Waals surface area (Å²) in [6.07, 6.45) is 4.03. The summed E-state index contributed by atoms with van der Waals surface area (Å²) in [4.78, 5) is 2.64. The molecular formula is C15H28N2O2. The second-order valence-electron chi connectivity index (χ2n) is 6.71. The first-order valence-electron chi connectivity index (χ1n) is 7.92. The van der Waals surface area contributed by atoms with E-state index < -0.39 is 0 Å². The minimum absolute atomic E-state index is 0.429. The van der Waals surface area contributed by atoms with Crippen LogP contribution in [0, 0.1) is 5.92 Å². The monoisotopic (exact) mass is 268 g/mol. The van der Waals surface area contributed by atoms with Crippen LogP contribution in [-0.2, 0) is 9.47 Å². The molecule has 0 aromatic rings. The van der Waals surface area contributed by atoms with E-state index in [0.717, 1.165) is 26.4 Å². The van der Waals surface area contributed by atoms with E-state index in [-0.39, 0.29) is 0 Å². The predicted molar refractivity (Wildman–Crippen MR) is 75.3 cm³/mol. The summed E-state index contributed by atoms with van der Waals surface area (Å²) in [6.45, 7) is 9.63. The molecule has 3 heterocycles. The summed E-state index contributed by atoms with van der Waals surface area (Å²) < 4.78 is 11.4. The highest BCUT2D eigenvalue weighted by molar-refractivity contribution is 4.94. The Morgan fingerprint density at radius 3 is 2.63 bits per heavy atom. The summed E-state index contributed by atoms with van der Waals surface area (Å²) in [6, 6.07) is 1.97. The van der Waals surface area contributed by atoms with E-state index in [1.807, 2.05) is 0 Å². The van der Waals surface area contributed by atoms with Crippen molar-refractivity contribution in [1.29, 1.82) is 0 Å². The Bertz CT molecular complexity index is 292. The van der Waals surface area contributed by atoms with Crippen molar-refractivity contribution < 1.29 is 9.47 Å². The molecule has 3 aliphatic rings. The lowest BCUT2D eigenvalue weighted by Gasteiger charge is -2.36. The third-order valence-electron chi connectivity index (χ3n) is 4.88. The summed E-state index contributed by atoms with van der Waals surface area (Å²) in [5, 5.41) is 3.84. The van der Waals surface area contributed by atoms with Crippen molar-refractivity contribution in [2.24, 2.45) is 5.92 Å². The van der Waals surface area contributed by atoms with Crippen molar-refractivity contribution in [1.82, 2.24) is 10.2 Å². The van der Waals surface area contributed by atoms with Gasteiger partial charge in [-0.2, -0.15) is 0 Å². The number of ether oxygens (including phenoxy) is 2. The molecule has 19 heavy (non-hydrogen) atoms. The largest absolute Gasteiger partial charge is 0.381 e. The van der Waals surface area contributed by atoms with Gasteiger partial charge in [-0.1, -0.05) is 13.8 Å². The SMILES string of the molecule is CC(C)[C@H]1CN2C[C@@H](NC3CCOCC3)C[C@H]2CO1. The first-order chi connectivity index (χ1) is 9.22. The standard InChI is InChI=1S/C15H28N2O2/c1-11(2)15-9-17-8-13(7-14(17)10-19-15)16-12-3-5-18-6-4-12/h11-16H,3-10H2,1-2H3/t13-,14-,15+/m0/s1. The minimum atomic E-state index is 0.429. The maximum Gasteiger partial charge on any atom is 0.0725 e. The number of nitrogens with one attached hydrogen (secondary N) is 1. The maximum atomic E-state index is 6.00. The van der Waals surface area contributed by atoms with Crippen molar-refractivity contribution in [3.05, 3.63) is 0 Å². The van der Waals surface area contributed by atoms with Crippen LogP contribution >= 0.6 is 0 Å². The van der Waals surface area contributed by atoms with Gasteiger partial charge >= 0.3 is 0 Å². The van der Waals surface area contributed by atoms with Crippen molar-refractivity contribution >= 4 is 0 Å².